The maximum Gasteiger partial charge on any atom is 0.511 e. The zero-order valence-corrected chi connectivity index (χ0v) is 10.9. The number of carboxylic acid groups (broad SMARTS) is 1. The van der Waals surface area contributed by atoms with Gasteiger partial charge in [0.15, 0.2) is 5.75 Å². The lowest BCUT2D eigenvalue weighted by Crippen LogP contribution is -2.13. The summed E-state index contributed by atoms with van der Waals surface area (Å²) in [6.07, 6.45) is -0.0858. The molecule has 0 fully saturated rings. The SMILES string of the molecule is O=C(O)Oc1ccsc1C(=O)Nc1ccc(Cl)cn1. The van der Waals surface area contributed by atoms with Crippen molar-refractivity contribution in [2.45, 2.75) is 0 Å². The summed E-state index contributed by atoms with van der Waals surface area (Å²) in [5, 5.41) is 13.1. The summed E-state index contributed by atoms with van der Waals surface area (Å²) in [5.74, 6) is -0.200. The van der Waals surface area contributed by atoms with E-state index in [1.54, 1.807) is 11.4 Å². The van der Waals surface area contributed by atoms with Crippen LogP contribution in [-0.4, -0.2) is 22.2 Å². The van der Waals surface area contributed by atoms with Crippen LogP contribution in [0.1, 0.15) is 9.67 Å². The number of hydrogen-bond donors (Lipinski definition) is 2. The topological polar surface area (TPSA) is 88.5 Å². The number of nitrogens with zero attached hydrogens (tertiary/aromatic N) is 1. The predicted octanol–water partition coefficient (Wildman–Crippen LogP) is 3.11. The molecule has 0 aliphatic carbocycles. The molecule has 6 nitrogen and oxygen atoms in total. The number of pyridine rings is 1. The second-order valence-corrected chi connectivity index (χ2v) is 4.65. The van der Waals surface area contributed by atoms with E-state index in [-0.39, 0.29) is 10.6 Å². The van der Waals surface area contributed by atoms with Gasteiger partial charge in [-0.3, -0.25) is 4.79 Å². The quantitative estimate of drug-likeness (QED) is 0.850. The van der Waals surface area contributed by atoms with E-state index in [0.717, 1.165) is 11.3 Å². The molecule has 0 spiro atoms. The van der Waals surface area contributed by atoms with Crippen LogP contribution in [0.3, 0.4) is 0 Å². The van der Waals surface area contributed by atoms with Gasteiger partial charge in [0.1, 0.15) is 10.7 Å². The van der Waals surface area contributed by atoms with Crippen molar-refractivity contribution in [2.24, 2.45) is 0 Å². The molecule has 0 aliphatic heterocycles. The largest absolute Gasteiger partial charge is 0.511 e. The third kappa shape index (κ3) is 3.43. The third-order valence-corrected chi connectivity index (χ3v) is 3.12. The zero-order chi connectivity index (χ0) is 13.8. The smallest absolute Gasteiger partial charge is 0.449 e. The summed E-state index contributed by atoms with van der Waals surface area (Å²) in [5.41, 5.74) is 0. The number of carbonyl (C=O) groups is 2. The minimum atomic E-state index is -1.47. The van der Waals surface area contributed by atoms with Crippen LogP contribution in [0.15, 0.2) is 29.8 Å². The summed E-state index contributed by atoms with van der Waals surface area (Å²) < 4.78 is 4.49. The number of halogens is 1. The van der Waals surface area contributed by atoms with E-state index in [9.17, 15) is 9.59 Å². The minimum absolute atomic E-state index is 0.0102. The van der Waals surface area contributed by atoms with Crippen molar-refractivity contribution in [3.63, 3.8) is 0 Å². The molecule has 0 saturated carbocycles. The number of anilines is 1. The average Bonchev–Trinajstić information content (AvgIpc) is 2.79. The highest BCUT2D eigenvalue weighted by atomic mass is 35.5. The van der Waals surface area contributed by atoms with Crippen LogP contribution in [0, 0.1) is 0 Å². The second kappa shape index (κ2) is 5.68. The lowest BCUT2D eigenvalue weighted by molar-refractivity contribution is 0.102. The normalized spacial score (nSPS) is 9.95. The summed E-state index contributed by atoms with van der Waals surface area (Å²) >= 11 is 6.74. The molecule has 0 aliphatic rings. The van der Waals surface area contributed by atoms with Crippen molar-refractivity contribution in [1.29, 1.82) is 0 Å². The summed E-state index contributed by atoms with van der Waals surface area (Å²) in [6.45, 7) is 0. The predicted molar refractivity (Wildman–Crippen MR) is 70.2 cm³/mol. The van der Waals surface area contributed by atoms with E-state index in [1.807, 2.05) is 0 Å². The molecular weight excluding hydrogens is 292 g/mol. The molecule has 0 saturated heterocycles. The van der Waals surface area contributed by atoms with Crippen molar-refractivity contribution in [2.75, 3.05) is 5.32 Å². The number of aromatic nitrogens is 1. The lowest BCUT2D eigenvalue weighted by Gasteiger charge is -2.04. The molecule has 2 heterocycles. The Morgan fingerprint density at radius 2 is 2.16 bits per heavy atom. The van der Waals surface area contributed by atoms with E-state index in [1.165, 1.54) is 18.3 Å². The van der Waals surface area contributed by atoms with E-state index in [0.29, 0.717) is 10.8 Å². The number of thiophene rings is 1. The molecule has 98 valence electrons. The van der Waals surface area contributed by atoms with Crippen molar-refractivity contribution in [3.05, 3.63) is 39.7 Å². The van der Waals surface area contributed by atoms with Crippen LogP contribution in [-0.2, 0) is 0 Å². The Morgan fingerprint density at radius 1 is 1.37 bits per heavy atom. The molecule has 0 aromatic carbocycles. The third-order valence-electron chi connectivity index (χ3n) is 2.00. The van der Waals surface area contributed by atoms with Crippen molar-refractivity contribution < 1.29 is 19.4 Å². The maximum absolute atomic E-state index is 11.9. The Balaban J connectivity index is 2.14. The molecule has 2 aromatic rings. The van der Waals surface area contributed by atoms with Gasteiger partial charge in [-0.15, -0.1) is 11.3 Å². The molecule has 19 heavy (non-hydrogen) atoms. The number of amides is 1. The van der Waals surface area contributed by atoms with Crippen molar-refractivity contribution in [1.82, 2.24) is 4.98 Å². The van der Waals surface area contributed by atoms with E-state index < -0.39 is 12.1 Å². The molecule has 0 atom stereocenters. The number of rotatable bonds is 3. The van der Waals surface area contributed by atoms with Crippen LogP contribution < -0.4 is 10.1 Å². The molecule has 8 heteroatoms. The van der Waals surface area contributed by atoms with Gasteiger partial charge >= 0.3 is 6.16 Å². The van der Waals surface area contributed by atoms with E-state index in [2.05, 4.69) is 15.0 Å². The molecule has 2 rings (SSSR count). The standard InChI is InChI=1S/C11H7ClN2O4S/c12-6-1-2-8(13-5-6)14-10(15)9-7(3-4-19-9)18-11(16)17/h1-5H,(H,16,17)(H,13,14,15). The summed E-state index contributed by atoms with van der Waals surface area (Å²) in [7, 11) is 0. The average molecular weight is 299 g/mol. The van der Waals surface area contributed by atoms with Crippen LogP contribution in [0.5, 0.6) is 5.75 Å². The lowest BCUT2D eigenvalue weighted by atomic mass is 10.4. The molecule has 0 radical (unpaired) electrons. The van der Waals surface area contributed by atoms with Gasteiger partial charge in [-0.25, -0.2) is 9.78 Å². The number of nitrogens with one attached hydrogen (secondary N) is 1. The number of carbonyl (C=O) groups excluding carboxylic acids is 1. The van der Waals surface area contributed by atoms with Crippen molar-refractivity contribution >= 4 is 40.8 Å². The highest BCUT2D eigenvalue weighted by molar-refractivity contribution is 7.12. The van der Waals surface area contributed by atoms with Crippen LogP contribution >= 0.6 is 22.9 Å². The summed E-state index contributed by atoms with van der Waals surface area (Å²) in [6, 6.07) is 4.52. The first-order valence-corrected chi connectivity index (χ1v) is 6.23. The van der Waals surface area contributed by atoms with Gasteiger partial charge in [-0.05, 0) is 23.6 Å². The Hall–Kier alpha value is -2.12. The second-order valence-electron chi connectivity index (χ2n) is 3.30. The first-order chi connectivity index (χ1) is 9.06. The van der Waals surface area contributed by atoms with E-state index in [4.69, 9.17) is 16.7 Å². The van der Waals surface area contributed by atoms with Gasteiger partial charge in [-0.1, -0.05) is 11.6 Å². The van der Waals surface area contributed by atoms with Gasteiger partial charge in [0.2, 0.25) is 0 Å². The monoisotopic (exact) mass is 298 g/mol. The van der Waals surface area contributed by atoms with Gasteiger partial charge in [0.05, 0.1) is 5.02 Å². The Labute approximate surface area is 116 Å². The maximum atomic E-state index is 11.9. The fourth-order valence-electron chi connectivity index (χ4n) is 1.26. The van der Waals surface area contributed by atoms with Gasteiger partial charge in [-0.2, -0.15) is 0 Å². The fourth-order valence-corrected chi connectivity index (χ4v) is 2.08. The van der Waals surface area contributed by atoms with Crippen molar-refractivity contribution in [3.8, 4) is 5.75 Å². The number of hydrogen-bond acceptors (Lipinski definition) is 5. The molecule has 0 bridgehead atoms. The summed E-state index contributed by atoms with van der Waals surface area (Å²) in [4.78, 5) is 26.4. The number of ether oxygens (including phenoxy) is 1. The first-order valence-electron chi connectivity index (χ1n) is 4.97. The molecule has 2 N–H and O–H groups in total. The van der Waals surface area contributed by atoms with Gasteiger partial charge in [0, 0.05) is 6.20 Å². The Kier molecular flexibility index (Phi) is 3.98. The van der Waals surface area contributed by atoms with Crippen LogP contribution in [0.25, 0.3) is 0 Å². The molecular formula is C11H7ClN2O4S. The Bertz CT molecular complexity index is 611. The van der Waals surface area contributed by atoms with Crippen LogP contribution in [0.4, 0.5) is 10.6 Å². The van der Waals surface area contributed by atoms with Gasteiger partial charge in [0.25, 0.3) is 5.91 Å². The molecule has 0 unspecified atom stereocenters. The molecule has 1 amide bonds. The molecule has 2 aromatic heterocycles. The first kappa shape index (κ1) is 13.3. The van der Waals surface area contributed by atoms with Crippen LogP contribution in [0.2, 0.25) is 5.02 Å². The highest BCUT2D eigenvalue weighted by Gasteiger charge is 2.17. The van der Waals surface area contributed by atoms with E-state index >= 15 is 0 Å². The Morgan fingerprint density at radius 3 is 2.79 bits per heavy atom. The minimum Gasteiger partial charge on any atom is -0.449 e. The zero-order valence-electron chi connectivity index (χ0n) is 9.29. The highest BCUT2D eigenvalue weighted by Crippen LogP contribution is 2.25. The fraction of sp³-hybridized carbons (Fsp3) is 0. The van der Waals surface area contributed by atoms with Gasteiger partial charge < -0.3 is 15.2 Å².